The van der Waals surface area contributed by atoms with Gasteiger partial charge in [0.25, 0.3) is 0 Å². The van der Waals surface area contributed by atoms with E-state index in [9.17, 15) is 4.79 Å². The number of hydrogen-bond donors (Lipinski definition) is 0. The summed E-state index contributed by atoms with van der Waals surface area (Å²) in [5.74, 6) is 1.20. The minimum absolute atomic E-state index is 0.117. The van der Waals surface area contributed by atoms with Crippen molar-refractivity contribution in [1.29, 1.82) is 0 Å². The summed E-state index contributed by atoms with van der Waals surface area (Å²) in [6, 6.07) is 30.7. The van der Waals surface area contributed by atoms with Crippen LogP contribution in [0.1, 0.15) is 38.3 Å². The van der Waals surface area contributed by atoms with Crippen molar-refractivity contribution in [2.24, 2.45) is 0 Å². The van der Waals surface area contributed by atoms with Crippen molar-refractivity contribution < 1.29 is 19.0 Å². The van der Waals surface area contributed by atoms with E-state index in [2.05, 4.69) is 79.1 Å². The molecule has 42 heavy (non-hydrogen) atoms. The van der Waals surface area contributed by atoms with E-state index in [0.717, 1.165) is 33.1 Å². The van der Waals surface area contributed by atoms with Crippen LogP contribution < -0.4 is 14.2 Å². The number of nitrogens with zero attached hydrogens (tertiary/aromatic N) is 1. The second kappa shape index (κ2) is 12.6. The van der Waals surface area contributed by atoms with Gasteiger partial charge in [0.1, 0.15) is 0 Å². The molecule has 0 atom stereocenters. The van der Waals surface area contributed by atoms with Crippen LogP contribution in [-0.2, 0) is 6.42 Å². The van der Waals surface area contributed by atoms with E-state index in [-0.39, 0.29) is 5.78 Å². The van der Waals surface area contributed by atoms with Crippen molar-refractivity contribution in [3.8, 4) is 34.1 Å². The zero-order valence-corrected chi connectivity index (χ0v) is 25.7. The molecule has 4 aromatic carbocycles. The molecule has 0 aliphatic carbocycles. The summed E-state index contributed by atoms with van der Waals surface area (Å²) in [5.41, 5.74) is 8.60. The predicted molar refractivity (Wildman–Crippen MR) is 171 cm³/mol. The molecule has 6 heteroatoms. The number of carbonyl (C=O) groups excluding carboxylic acids is 1. The lowest BCUT2D eigenvalue weighted by molar-refractivity contribution is 0.103. The van der Waals surface area contributed by atoms with Gasteiger partial charge in [-0.25, -0.2) is 0 Å². The number of methoxy groups -OCH3 is 3. The van der Waals surface area contributed by atoms with Gasteiger partial charge in [-0.05, 0) is 55.5 Å². The number of para-hydroxylation sites is 1. The number of hydrogen-bond acceptors (Lipinski definition) is 5. The van der Waals surface area contributed by atoms with E-state index in [1.165, 1.54) is 11.1 Å². The first-order chi connectivity index (χ1) is 20.4. The maximum Gasteiger partial charge on any atom is 0.203 e. The molecule has 0 aliphatic rings. The molecule has 0 amide bonds. The molecule has 0 spiro atoms. The Labute approximate surface area is 252 Å². The molecule has 5 aromatic rings. The SMILES string of the molecule is COc1cc(C(=O)c2c(-c3ccc(C)cc3)c(Cc3ccc(C)cc3)n(-c3ccccc3)c2SC)cc(OC)c1OC. The van der Waals surface area contributed by atoms with Crippen molar-refractivity contribution in [3.63, 3.8) is 0 Å². The van der Waals surface area contributed by atoms with E-state index in [1.54, 1.807) is 45.2 Å². The fourth-order valence-corrected chi connectivity index (χ4v) is 6.10. The van der Waals surface area contributed by atoms with Crippen LogP contribution in [0.15, 0.2) is 96.0 Å². The van der Waals surface area contributed by atoms with Gasteiger partial charge in [-0.1, -0.05) is 77.9 Å². The molecule has 0 fully saturated rings. The molecule has 0 unspecified atom stereocenters. The number of aromatic nitrogens is 1. The normalized spacial score (nSPS) is 10.9. The van der Waals surface area contributed by atoms with Crippen LogP contribution in [0.25, 0.3) is 16.8 Å². The van der Waals surface area contributed by atoms with Gasteiger partial charge >= 0.3 is 0 Å². The number of rotatable bonds is 10. The molecular formula is C36H35NO4S. The molecular weight excluding hydrogens is 542 g/mol. The monoisotopic (exact) mass is 577 g/mol. The number of benzene rings is 4. The summed E-state index contributed by atoms with van der Waals surface area (Å²) in [5, 5.41) is 0.873. The Balaban J connectivity index is 1.85. The van der Waals surface area contributed by atoms with Gasteiger partial charge in [-0.2, -0.15) is 0 Å². The Kier molecular flexibility index (Phi) is 8.74. The summed E-state index contributed by atoms with van der Waals surface area (Å²) >= 11 is 1.57. The smallest absolute Gasteiger partial charge is 0.203 e. The van der Waals surface area contributed by atoms with E-state index < -0.39 is 0 Å². The average molecular weight is 578 g/mol. The third-order valence-corrected chi connectivity index (χ3v) is 8.19. The van der Waals surface area contributed by atoms with E-state index >= 15 is 0 Å². The van der Waals surface area contributed by atoms with Crippen molar-refractivity contribution >= 4 is 17.5 Å². The Morgan fingerprint density at radius 2 is 1.33 bits per heavy atom. The van der Waals surface area contributed by atoms with Crippen LogP contribution in [0.2, 0.25) is 0 Å². The average Bonchev–Trinajstić information content (AvgIpc) is 3.35. The van der Waals surface area contributed by atoms with Crippen LogP contribution in [0.4, 0.5) is 0 Å². The van der Waals surface area contributed by atoms with Gasteiger partial charge in [0.05, 0.1) is 31.9 Å². The van der Waals surface area contributed by atoms with E-state index in [1.807, 2.05) is 24.5 Å². The molecule has 5 rings (SSSR count). The number of carbonyl (C=O) groups is 1. The molecule has 0 saturated heterocycles. The first-order valence-corrected chi connectivity index (χ1v) is 15.0. The lowest BCUT2D eigenvalue weighted by Crippen LogP contribution is -2.06. The quantitative estimate of drug-likeness (QED) is 0.123. The van der Waals surface area contributed by atoms with Crippen LogP contribution in [0.3, 0.4) is 0 Å². The van der Waals surface area contributed by atoms with Gasteiger partial charge in [0, 0.05) is 28.9 Å². The predicted octanol–water partition coefficient (Wildman–Crippen LogP) is 8.33. The summed E-state index contributed by atoms with van der Waals surface area (Å²) in [6.07, 6.45) is 2.67. The summed E-state index contributed by atoms with van der Waals surface area (Å²) in [4.78, 5) is 14.7. The zero-order chi connectivity index (χ0) is 29.8. The summed E-state index contributed by atoms with van der Waals surface area (Å²) in [7, 11) is 4.67. The highest BCUT2D eigenvalue weighted by atomic mass is 32.2. The second-order valence-electron chi connectivity index (χ2n) is 10.1. The lowest BCUT2D eigenvalue weighted by atomic mass is 9.93. The molecule has 0 aliphatic heterocycles. The van der Waals surface area contributed by atoms with Gasteiger partial charge in [0.2, 0.25) is 5.75 Å². The minimum atomic E-state index is -0.117. The number of aryl methyl sites for hydroxylation is 2. The van der Waals surface area contributed by atoms with Crippen molar-refractivity contribution in [2.75, 3.05) is 27.6 Å². The third-order valence-electron chi connectivity index (χ3n) is 7.42. The van der Waals surface area contributed by atoms with Crippen LogP contribution >= 0.6 is 11.8 Å². The molecule has 0 radical (unpaired) electrons. The van der Waals surface area contributed by atoms with Crippen LogP contribution in [-0.4, -0.2) is 37.9 Å². The molecule has 214 valence electrons. The molecule has 0 N–H and O–H groups in total. The highest BCUT2D eigenvalue weighted by Crippen LogP contribution is 2.44. The second-order valence-corrected chi connectivity index (χ2v) is 10.9. The number of ether oxygens (including phenoxy) is 3. The first kappa shape index (κ1) is 29.1. The van der Waals surface area contributed by atoms with Crippen LogP contribution in [0.5, 0.6) is 17.2 Å². The van der Waals surface area contributed by atoms with E-state index in [4.69, 9.17) is 14.2 Å². The molecule has 1 aromatic heterocycles. The fourth-order valence-electron chi connectivity index (χ4n) is 5.31. The standard InChI is InChI=1S/C36H35NO4S/c1-23-12-16-25(17-13-23)20-29-32(26-18-14-24(2)15-19-26)33(36(42-6)37(29)28-10-8-7-9-11-28)34(38)27-21-30(39-3)35(41-5)31(22-27)40-4/h7-19,21-22H,20H2,1-6H3. The highest BCUT2D eigenvalue weighted by molar-refractivity contribution is 7.98. The Morgan fingerprint density at radius 1 is 0.762 bits per heavy atom. The Bertz CT molecular complexity index is 1680. The number of ketones is 1. The third kappa shape index (κ3) is 5.55. The van der Waals surface area contributed by atoms with Gasteiger partial charge < -0.3 is 18.8 Å². The van der Waals surface area contributed by atoms with E-state index in [0.29, 0.717) is 34.8 Å². The molecule has 0 bridgehead atoms. The van der Waals surface area contributed by atoms with Gasteiger partial charge in [-0.3, -0.25) is 4.79 Å². The van der Waals surface area contributed by atoms with Gasteiger partial charge in [0.15, 0.2) is 17.3 Å². The maximum atomic E-state index is 14.7. The van der Waals surface area contributed by atoms with Crippen molar-refractivity contribution in [1.82, 2.24) is 4.57 Å². The summed E-state index contributed by atoms with van der Waals surface area (Å²) < 4.78 is 19.0. The lowest BCUT2D eigenvalue weighted by Gasteiger charge is -2.14. The summed E-state index contributed by atoms with van der Waals surface area (Å²) in [6.45, 7) is 4.16. The highest BCUT2D eigenvalue weighted by Gasteiger charge is 2.30. The van der Waals surface area contributed by atoms with Crippen LogP contribution in [0, 0.1) is 13.8 Å². The minimum Gasteiger partial charge on any atom is -0.493 e. The largest absolute Gasteiger partial charge is 0.493 e. The molecule has 5 nitrogen and oxygen atoms in total. The maximum absolute atomic E-state index is 14.7. The van der Waals surface area contributed by atoms with Crippen molar-refractivity contribution in [2.45, 2.75) is 25.3 Å². The molecule has 0 saturated carbocycles. The Hall–Kier alpha value is -4.42. The zero-order valence-electron chi connectivity index (χ0n) is 24.9. The first-order valence-electron chi connectivity index (χ1n) is 13.7. The molecule has 1 heterocycles. The number of thioether (sulfide) groups is 1. The van der Waals surface area contributed by atoms with Gasteiger partial charge in [-0.15, -0.1) is 11.8 Å². The fraction of sp³-hybridized carbons (Fsp3) is 0.194. The topological polar surface area (TPSA) is 49.7 Å². The van der Waals surface area contributed by atoms with Crippen molar-refractivity contribution in [3.05, 3.63) is 125 Å². The Morgan fingerprint density at radius 3 is 1.86 bits per heavy atom.